The highest BCUT2D eigenvalue weighted by atomic mass is 32.1. The topological polar surface area (TPSA) is 157 Å². The van der Waals surface area contributed by atoms with Gasteiger partial charge in [-0.1, -0.05) is 66.2 Å². The molecule has 0 bridgehead atoms. The van der Waals surface area contributed by atoms with Crippen LogP contribution in [-0.2, 0) is 24.0 Å². The number of thiol groups is 1. The van der Waals surface area contributed by atoms with Gasteiger partial charge in [0.2, 0.25) is 23.5 Å². The van der Waals surface area contributed by atoms with Gasteiger partial charge < -0.3 is 26.2 Å². The molecule has 4 unspecified atom stereocenters. The Hall–Kier alpha value is -2.67. The van der Waals surface area contributed by atoms with Crippen LogP contribution in [0.3, 0.4) is 0 Å². The van der Waals surface area contributed by atoms with Gasteiger partial charge in [-0.3, -0.25) is 24.0 Å². The van der Waals surface area contributed by atoms with E-state index in [0.717, 1.165) is 32.1 Å². The predicted molar refractivity (Wildman–Crippen MR) is 167 cm³/mol. The molecule has 4 N–H and O–H groups in total. The van der Waals surface area contributed by atoms with Crippen molar-refractivity contribution >= 4 is 48.6 Å². The minimum atomic E-state index is -0.912. The molecule has 2 rings (SSSR count). The summed E-state index contributed by atoms with van der Waals surface area (Å²) >= 11 is 4.53. The molecule has 4 atom stereocenters. The Balaban J connectivity index is 2.17. The summed E-state index contributed by atoms with van der Waals surface area (Å²) in [6, 6.07) is -3.27. The van der Waals surface area contributed by atoms with Crippen LogP contribution in [0.5, 0.6) is 0 Å². The number of Topliss-reactive ketones (excluding diaryl/α,β-unsaturated/α-hetero) is 1. The van der Waals surface area contributed by atoms with Crippen LogP contribution in [0.15, 0.2) is 0 Å². The van der Waals surface area contributed by atoms with E-state index in [9.17, 15) is 28.8 Å². The Bertz CT molecular complexity index is 983. The second-order valence-electron chi connectivity index (χ2n) is 12.9. The summed E-state index contributed by atoms with van der Waals surface area (Å²) < 4.78 is 1.74. The molecule has 0 aromatic rings. The van der Waals surface area contributed by atoms with E-state index in [1.807, 2.05) is 27.7 Å². The zero-order valence-corrected chi connectivity index (χ0v) is 27.3. The molecule has 12 nitrogen and oxygen atoms in total. The summed E-state index contributed by atoms with van der Waals surface area (Å²) in [4.78, 5) is 76.7. The molecule has 244 valence electrons. The Morgan fingerprint density at radius 3 is 2.26 bits per heavy atom. The van der Waals surface area contributed by atoms with Gasteiger partial charge in [0.1, 0.15) is 12.1 Å². The van der Waals surface area contributed by atoms with E-state index in [-0.39, 0.29) is 35.5 Å². The first-order valence-electron chi connectivity index (χ1n) is 15.6. The third-order valence-corrected chi connectivity index (χ3v) is 8.72. The zero-order chi connectivity index (χ0) is 32.2. The molecule has 0 aromatic carbocycles. The maximum atomic E-state index is 14.1. The SMILES string of the molecule is CCCC(NC(=O)C1CCCN1C(=O)C(NC(=O)NC(CN(S)CCNC(C)=O)C(C)(C)C)C1CCCCC1)C(=O)C=O. The number of hydrogen-bond donors (Lipinski definition) is 5. The average Bonchev–Trinajstić information content (AvgIpc) is 3.44. The van der Waals surface area contributed by atoms with E-state index in [0.29, 0.717) is 51.9 Å². The van der Waals surface area contributed by atoms with Crippen LogP contribution < -0.4 is 21.3 Å². The van der Waals surface area contributed by atoms with Crippen molar-refractivity contribution in [1.82, 2.24) is 30.5 Å². The lowest BCUT2D eigenvalue weighted by molar-refractivity contribution is -0.142. The monoisotopic (exact) mass is 624 g/mol. The normalized spacial score (nSPS) is 19.7. The van der Waals surface area contributed by atoms with Gasteiger partial charge >= 0.3 is 6.03 Å². The van der Waals surface area contributed by atoms with E-state index >= 15 is 0 Å². The Kier molecular flexibility index (Phi) is 14.9. The molecule has 13 heteroatoms. The third-order valence-electron chi connectivity index (χ3n) is 8.35. The van der Waals surface area contributed by atoms with E-state index in [1.165, 1.54) is 11.8 Å². The van der Waals surface area contributed by atoms with Crippen LogP contribution in [0.2, 0.25) is 0 Å². The summed E-state index contributed by atoms with van der Waals surface area (Å²) in [7, 11) is 0. The maximum absolute atomic E-state index is 14.1. The van der Waals surface area contributed by atoms with Crippen LogP contribution in [0, 0.1) is 11.3 Å². The van der Waals surface area contributed by atoms with Crippen LogP contribution >= 0.6 is 12.8 Å². The van der Waals surface area contributed by atoms with E-state index < -0.39 is 35.8 Å². The van der Waals surface area contributed by atoms with Crippen LogP contribution in [0.1, 0.15) is 92.4 Å². The second kappa shape index (κ2) is 17.6. The fourth-order valence-corrected chi connectivity index (χ4v) is 6.06. The minimum Gasteiger partial charge on any atom is -0.355 e. The van der Waals surface area contributed by atoms with Crippen LogP contribution in [0.25, 0.3) is 0 Å². The van der Waals surface area contributed by atoms with Crippen molar-refractivity contribution in [2.75, 3.05) is 26.2 Å². The van der Waals surface area contributed by atoms with Gasteiger partial charge in [-0.2, -0.15) is 0 Å². The van der Waals surface area contributed by atoms with Crippen molar-refractivity contribution in [2.24, 2.45) is 11.3 Å². The first-order valence-corrected chi connectivity index (χ1v) is 16.0. The number of amides is 5. The van der Waals surface area contributed by atoms with Gasteiger partial charge in [-0.25, -0.2) is 9.10 Å². The van der Waals surface area contributed by atoms with Gasteiger partial charge in [0.15, 0.2) is 6.29 Å². The number of aldehydes is 1. The molecule has 0 spiro atoms. The molecule has 2 aliphatic rings. The highest BCUT2D eigenvalue weighted by Crippen LogP contribution is 2.30. The quantitative estimate of drug-likeness (QED) is 0.106. The van der Waals surface area contributed by atoms with E-state index in [2.05, 4.69) is 34.1 Å². The molecule has 1 aliphatic heterocycles. The molecular weight excluding hydrogens is 572 g/mol. The zero-order valence-electron chi connectivity index (χ0n) is 26.4. The molecular formula is C30H52N6O6S. The van der Waals surface area contributed by atoms with Crippen LogP contribution in [-0.4, -0.2) is 95.4 Å². The molecule has 43 heavy (non-hydrogen) atoms. The number of rotatable bonds is 15. The number of nitrogens with zero attached hydrogens (tertiary/aromatic N) is 2. The number of carbonyl (C=O) groups excluding carboxylic acids is 6. The van der Waals surface area contributed by atoms with Crippen molar-refractivity contribution in [3.05, 3.63) is 0 Å². The molecule has 1 saturated heterocycles. The fourth-order valence-electron chi connectivity index (χ4n) is 5.79. The van der Waals surface area contributed by atoms with E-state index in [4.69, 9.17) is 0 Å². The number of carbonyl (C=O) groups is 6. The summed E-state index contributed by atoms with van der Waals surface area (Å²) in [6.45, 7) is 11.0. The van der Waals surface area contributed by atoms with Crippen molar-refractivity contribution < 1.29 is 28.8 Å². The summed E-state index contributed by atoms with van der Waals surface area (Å²) in [5.41, 5.74) is -0.331. The molecule has 2 fully saturated rings. The lowest BCUT2D eigenvalue weighted by atomic mass is 9.83. The van der Waals surface area contributed by atoms with Gasteiger partial charge in [-0.05, 0) is 43.4 Å². The number of ketones is 1. The van der Waals surface area contributed by atoms with Crippen molar-refractivity contribution in [3.8, 4) is 0 Å². The van der Waals surface area contributed by atoms with Crippen molar-refractivity contribution in [3.63, 3.8) is 0 Å². The molecule has 0 radical (unpaired) electrons. The summed E-state index contributed by atoms with van der Waals surface area (Å²) in [6.07, 6.45) is 6.81. The first-order chi connectivity index (χ1) is 20.3. The lowest BCUT2D eigenvalue weighted by Gasteiger charge is -2.37. The van der Waals surface area contributed by atoms with E-state index in [1.54, 1.807) is 4.31 Å². The molecule has 5 amide bonds. The second-order valence-corrected chi connectivity index (χ2v) is 13.4. The molecule has 1 heterocycles. The number of urea groups is 1. The molecule has 0 aromatic heterocycles. The van der Waals surface area contributed by atoms with Gasteiger partial charge in [-0.15, -0.1) is 0 Å². The predicted octanol–water partition coefficient (Wildman–Crippen LogP) is 1.98. The van der Waals surface area contributed by atoms with Crippen LogP contribution in [0.4, 0.5) is 4.79 Å². The Morgan fingerprint density at radius 1 is 1.00 bits per heavy atom. The largest absolute Gasteiger partial charge is 0.355 e. The highest BCUT2D eigenvalue weighted by Gasteiger charge is 2.41. The van der Waals surface area contributed by atoms with Gasteiger partial charge in [0.25, 0.3) is 0 Å². The number of likely N-dealkylation sites (tertiary alicyclic amines) is 1. The molecule has 1 saturated carbocycles. The number of nitrogens with one attached hydrogen (secondary N) is 4. The Labute approximate surface area is 261 Å². The standard InChI is InChI=1S/C30H52N6O6S/c1-6-11-22(24(39)19-37)32-27(40)23-14-10-16-36(23)28(41)26(21-12-8-7-9-13-21)34-29(42)33-25(30(3,4)5)18-35(43)17-15-31-20(2)38/h19,21-23,25-26,43H,6-18H2,1-5H3,(H,31,38)(H,32,40)(H2,33,34,42). The van der Waals surface area contributed by atoms with Crippen molar-refractivity contribution in [2.45, 2.75) is 117 Å². The first kappa shape index (κ1) is 36.5. The minimum absolute atomic E-state index is 0.0621. The third kappa shape index (κ3) is 11.7. The smallest absolute Gasteiger partial charge is 0.315 e. The van der Waals surface area contributed by atoms with Crippen molar-refractivity contribution in [1.29, 1.82) is 0 Å². The fraction of sp³-hybridized carbons (Fsp3) is 0.800. The number of hydrogen-bond acceptors (Lipinski definition) is 8. The van der Waals surface area contributed by atoms with Gasteiger partial charge in [0.05, 0.1) is 6.04 Å². The van der Waals surface area contributed by atoms with Gasteiger partial charge in [0, 0.05) is 39.1 Å². The molecule has 1 aliphatic carbocycles. The summed E-state index contributed by atoms with van der Waals surface area (Å²) in [5.74, 6) is -1.63. The summed E-state index contributed by atoms with van der Waals surface area (Å²) in [5, 5.41) is 11.4. The lowest BCUT2D eigenvalue weighted by Crippen LogP contribution is -2.60. The average molecular weight is 625 g/mol. The highest BCUT2D eigenvalue weighted by molar-refractivity contribution is 7.77. The maximum Gasteiger partial charge on any atom is 0.315 e. The Morgan fingerprint density at radius 2 is 1.67 bits per heavy atom.